The van der Waals surface area contributed by atoms with Crippen molar-refractivity contribution < 1.29 is 9.21 Å². The molecule has 1 aromatic heterocycles. The Hall–Kier alpha value is -3.63. The standard InChI is InChI=1S/C26H19ClN2O2/c1-2-16-7-12-24-23(13-16)29-26(31-24)21-15-20(10-11-22(21)27)28-25(30)19-9-8-17-5-3-4-6-18(17)14-19/h3-15H,2H2,1H3,(H,28,30). The van der Waals surface area contributed by atoms with Crippen molar-refractivity contribution in [2.45, 2.75) is 13.3 Å². The van der Waals surface area contributed by atoms with E-state index in [0.717, 1.165) is 22.7 Å². The highest BCUT2D eigenvalue weighted by atomic mass is 35.5. The first-order valence-corrected chi connectivity index (χ1v) is 10.5. The summed E-state index contributed by atoms with van der Waals surface area (Å²) >= 11 is 6.42. The number of hydrogen-bond acceptors (Lipinski definition) is 3. The first kappa shape index (κ1) is 19.3. The first-order chi connectivity index (χ1) is 15.1. The number of nitrogens with zero attached hydrogens (tertiary/aromatic N) is 1. The minimum absolute atomic E-state index is 0.191. The van der Waals surface area contributed by atoms with Gasteiger partial charge in [0.1, 0.15) is 5.52 Å². The summed E-state index contributed by atoms with van der Waals surface area (Å²) in [5.74, 6) is 0.235. The lowest BCUT2D eigenvalue weighted by Crippen LogP contribution is -2.11. The molecule has 0 atom stereocenters. The quantitative estimate of drug-likeness (QED) is 0.333. The summed E-state index contributed by atoms with van der Waals surface area (Å²) in [5.41, 5.74) is 4.52. The molecule has 4 nitrogen and oxygen atoms in total. The fourth-order valence-electron chi connectivity index (χ4n) is 3.61. The number of aromatic nitrogens is 1. The number of rotatable bonds is 4. The maximum atomic E-state index is 12.8. The van der Waals surface area contributed by atoms with Crippen LogP contribution in [0.25, 0.3) is 33.3 Å². The fourth-order valence-corrected chi connectivity index (χ4v) is 3.81. The van der Waals surface area contributed by atoms with E-state index in [1.54, 1.807) is 18.2 Å². The molecule has 0 fully saturated rings. The lowest BCUT2D eigenvalue weighted by Gasteiger charge is -2.08. The van der Waals surface area contributed by atoms with E-state index in [-0.39, 0.29) is 5.91 Å². The summed E-state index contributed by atoms with van der Waals surface area (Å²) in [6.07, 6.45) is 0.926. The third-order valence-electron chi connectivity index (χ3n) is 5.33. The van der Waals surface area contributed by atoms with Gasteiger partial charge >= 0.3 is 0 Å². The third-order valence-corrected chi connectivity index (χ3v) is 5.66. The Bertz CT molecular complexity index is 1440. The number of carbonyl (C=O) groups is 1. The molecule has 5 rings (SSSR count). The van der Waals surface area contributed by atoms with Gasteiger partial charge in [-0.25, -0.2) is 4.98 Å². The number of nitrogens with one attached hydrogen (secondary N) is 1. The van der Waals surface area contributed by atoms with Gasteiger partial charge in [-0.2, -0.15) is 0 Å². The molecule has 0 unspecified atom stereocenters. The number of carbonyl (C=O) groups excluding carboxylic acids is 1. The van der Waals surface area contributed by atoms with Crippen LogP contribution >= 0.6 is 11.6 Å². The maximum Gasteiger partial charge on any atom is 0.255 e. The average Bonchev–Trinajstić information content (AvgIpc) is 3.23. The van der Waals surface area contributed by atoms with Crippen LogP contribution in [0.1, 0.15) is 22.8 Å². The van der Waals surface area contributed by atoms with E-state index in [4.69, 9.17) is 16.0 Å². The third kappa shape index (κ3) is 3.78. The van der Waals surface area contributed by atoms with Crippen LogP contribution in [0, 0.1) is 0 Å². The van der Waals surface area contributed by atoms with Gasteiger partial charge in [-0.1, -0.05) is 54.9 Å². The molecule has 5 aromatic rings. The lowest BCUT2D eigenvalue weighted by molar-refractivity contribution is 0.102. The smallest absolute Gasteiger partial charge is 0.255 e. The van der Waals surface area contributed by atoms with Crippen molar-refractivity contribution in [3.05, 3.63) is 95.0 Å². The normalized spacial score (nSPS) is 11.2. The van der Waals surface area contributed by atoms with Gasteiger partial charge in [0.15, 0.2) is 5.58 Å². The number of halogens is 1. The molecule has 5 heteroatoms. The Morgan fingerprint density at radius 1 is 0.968 bits per heavy atom. The summed E-state index contributed by atoms with van der Waals surface area (Å²) in [6.45, 7) is 2.10. The number of hydrogen-bond donors (Lipinski definition) is 1. The molecule has 4 aromatic carbocycles. The predicted molar refractivity (Wildman–Crippen MR) is 126 cm³/mol. The molecule has 0 aliphatic carbocycles. The van der Waals surface area contributed by atoms with Gasteiger partial charge in [-0.05, 0) is 65.2 Å². The van der Waals surface area contributed by atoms with Crippen molar-refractivity contribution >= 4 is 45.1 Å². The van der Waals surface area contributed by atoms with Crippen LogP contribution in [-0.4, -0.2) is 10.9 Å². The Kier molecular flexibility index (Phi) is 4.92. The zero-order chi connectivity index (χ0) is 21.4. The molecule has 0 aliphatic rings. The number of anilines is 1. The largest absolute Gasteiger partial charge is 0.436 e. The van der Waals surface area contributed by atoms with Crippen LogP contribution in [0.3, 0.4) is 0 Å². The van der Waals surface area contributed by atoms with Gasteiger partial charge in [0, 0.05) is 11.3 Å². The van der Waals surface area contributed by atoms with Crippen LogP contribution in [0.5, 0.6) is 0 Å². The van der Waals surface area contributed by atoms with E-state index in [2.05, 4.69) is 17.2 Å². The lowest BCUT2D eigenvalue weighted by atomic mass is 10.1. The van der Waals surface area contributed by atoms with Crippen molar-refractivity contribution in [3.63, 3.8) is 0 Å². The predicted octanol–water partition coefficient (Wildman–Crippen LogP) is 7.12. The van der Waals surface area contributed by atoms with Gasteiger partial charge < -0.3 is 9.73 Å². The molecule has 0 saturated heterocycles. The summed E-state index contributed by atoms with van der Waals surface area (Å²) in [6, 6.07) is 24.8. The van der Waals surface area contributed by atoms with Crippen molar-refractivity contribution in [1.29, 1.82) is 0 Å². The summed E-state index contributed by atoms with van der Waals surface area (Å²) in [4.78, 5) is 17.4. The Morgan fingerprint density at radius 2 is 1.81 bits per heavy atom. The Morgan fingerprint density at radius 3 is 2.65 bits per heavy atom. The minimum Gasteiger partial charge on any atom is -0.436 e. The maximum absolute atomic E-state index is 12.8. The van der Waals surface area contributed by atoms with E-state index in [1.165, 1.54) is 5.56 Å². The van der Waals surface area contributed by atoms with Crippen LogP contribution in [0.2, 0.25) is 5.02 Å². The molecule has 0 aliphatic heterocycles. The van der Waals surface area contributed by atoms with Crippen LogP contribution in [0.4, 0.5) is 5.69 Å². The Labute approximate surface area is 184 Å². The molecular weight excluding hydrogens is 408 g/mol. The van der Waals surface area contributed by atoms with E-state index >= 15 is 0 Å². The van der Waals surface area contributed by atoms with Crippen LogP contribution in [-0.2, 0) is 6.42 Å². The summed E-state index contributed by atoms with van der Waals surface area (Å²) < 4.78 is 5.92. The zero-order valence-corrected chi connectivity index (χ0v) is 17.6. The molecule has 0 spiro atoms. The summed E-state index contributed by atoms with van der Waals surface area (Å²) in [7, 11) is 0. The molecule has 1 amide bonds. The van der Waals surface area contributed by atoms with Gasteiger partial charge in [-0.15, -0.1) is 0 Å². The van der Waals surface area contributed by atoms with Gasteiger partial charge in [0.05, 0.1) is 10.6 Å². The molecule has 152 valence electrons. The molecular formula is C26H19ClN2O2. The van der Waals surface area contributed by atoms with Gasteiger partial charge in [0.25, 0.3) is 5.91 Å². The first-order valence-electron chi connectivity index (χ1n) is 10.1. The second-order valence-electron chi connectivity index (χ2n) is 7.39. The van der Waals surface area contributed by atoms with E-state index in [9.17, 15) is 4.79 Å². The van der Waals surface area contributed by atoms with Crippen LogP contribution < -0.4 is 5.32 Å². The van der Waals surface area contributed by atoms with Gasteiger partial charge in [0.2, 0.25) is 5.89 Å². The topological polar surface area (TPSA) is 55.1 Å². The highest BCUT2D eigenvalue weighted by Gasteiger charge is 2.14. The molecule has 0 bridgehead atoms. The van der Waals surface area contributed by atoms with Crippen molar-refractivity contribution in [2.24, 2.45) is 0 Å². The SMILES string of the molecule is CCc1ccc2oc(-c3cc(NC(=O)c4ccc5ccccc5c4)ccc3Cl)nc2c1. The minimum atomic E-state index is -0.191. The number of amides is 1. The van der Waals surface area contributed by atoms with E-state index < -0.39 is 0 Å². The molecule has 0 radical (unpaired) electrons. The second-order valence-corrected chi connectivity index (χ2v) is 7.79. The van der Waals surface area contributed by atoms with Crippen molar-refractivity contribution in [3.8, 4) is 11.5 Å². The zero-order valence-electron chi connectivity index (χ0n) is 16.9. The molecule has 1 heterocycles. The van der Waals surface area contributed by atoms with E-state index in [1.807, 2.05) is 60.7 Å². The van der Waals surface area contributed by atoms with Crippen molar-refractivity contribution in [1.82, 2.24) is 4.98 Å². The molecule has 0 saturated carbocycles. The average molecular weight is 427 g/mol. The number of fused-ring (bicyclic) bond motifs is 2. The Balaban J connectivity index is 1.45. The highest BCUT2D eigenvalue weighted by Crippen LogP contribution is 2.33. The number of oxazole rings is 1. The van der Waals surface area contributed by atoms with Crippen molar-refractivity contribution in [2.75, 3.05) is 5.32 Å². The molecule has 1 N–H and O–H groups in total. The van der Waals surface area contributed by atoms with Crippen LogP contribution in [0.15, 0.2) is 83.3 Å². The molecule has 31 heavy (non-hydrogen) atoms. The second kappa shape index (κ2) is 7.89. The highest BCUT2D eigenvalue weighted by molar-refractivity contribution is 6.33. The fraction of sp³-hybridized carbons (Fsp3) is 0.0769. The summed E-state index contributed by atoms with van der Waals surface area (Å²) in [5, 5.41) is 5.56. The van der Waals surface area contributed by atoms with E-state index in [0.29, 0.717) is 33.3 Å². The van der Waals surface area contributed by atoms with Gasteiger partial charge in [-0.3, -0.25) is 4.79 Å². The number of benzene rings is 4. The monoisotopic (exact) mass is 426 g/mol. The number of aryl methyl sites for hydroxylation is 1.